The fraction of sp³-hybridized carbons (Fsp3) is 0.643. The molecule has 1 N–H and O–H groups in total. The van der Waals surface area contributed by atoms with Crippen molar-refractivity contribution >= 4 is 0 Å². The van der Waals surface area contributed by atoms with E-state index in [0.29, 0.717) is 17.4 Å². The molecular formula is C14H24N2. The van der Waals surface area contributed by atoms with Crippen molar-refractivity contribution in [3.05, 3.63) is 30.1 Å². The van der Waals surface area contributed by atoms with Crippen LogP contribution in [0.5, 0.6) is 0 Å². The molecule has 0 aliphatic carbocycles. The van der Waals surface area contributed by atoms with Gasteiger partial charge in [-0.05, 0) is 42.5 Å². The Bertz CT molecular complexity index is 300. The second-order valence-corrected chi connectivity index (χ2v) is 5.73. The van der Waals surface area contributed by atoms with Crippen molar-refractivity contribution in [3.8, 4) is 0 Å². The molecule has 0 aliphatic rings. The van der Waals surface area contributed by atoms with Gasteiger partial charge >= 0.3 is 0 Å². The van der Waals surface area contributed by atoms with Crippen molar-refractivity contribution in [2.24, 2.45) is 5.41 Å². The number of pyridine rings is 1. The molecule has 90 valence electrons. The highest BCUT2D eigenvalue weighted by atomic mass is 14.9. The van der Waals surface area contributed by atoms with E-state index in [0.717, 1.165) is 0 Å². The summed E-state index contributed by atoms with van der Waals surface area (Å²) in [6.45, 7) is 9.14. The SMILES string of the molecule is CNC(CC(C)(C)C)C(C)c1ccncc1. The van der Waals surface area contributed by atoms with Gasteiger partial charge < -0.3 is 5.32 Å². The lowest BCUT2D eigenvalue weighted by molar-refractivity contribution is 0.295. The van der Waals surface area contributed by atoms with Crippen LogP contribution in [0, 0.1) is 5.41 Å². The summed E-state index contributed by atoms with van der Waals surface area (Å²) in [5.41, 5.74) is 1.72. The van der Waals surface area contributed by atoms with Crippen LogP contribution < -0.4 is 5.32 Å². The van der Waals surface area contributed by atoms with Crippen LogP contribution in [0.4, 0.5) is 0 Å². The third-order valence-corrected chi connectivity index (χ3v) is 3.04. The van der Waals surface area contributed by atoms with E-state index in [4.69, 9.17) is 0 Å². The molecule has 2 atom stereocenters. The summed E-state index contributed by atoms with van der Waals surface area (Å²) in [5, 5.41) is 3.44. The van der Waals surface area contributed by atoms with Crippen molar-refractivity contribution < 1.29 is 0 Å². The van der Waals surface area contributed by atoms with Crippen LogP contribution in [-0.4, -0.2) is 18.1 Å². The number of rotatable bonds is 4. The smallest absolute Gasteiger partial charge is 0.0270 e. The molecular weight excluding hydrogens is 196 g/mol. The predicted molar refractivity (Wildman–Crippen MR) is 69.6 cm³/mol. The lowest BCUT2D eigenvalue weighted by Gasteiger charge is -2.30. The minimum Gasteiger partial charge on any atom is -0.316 e. The highest BCUT2D eigenvalue weighted by Crippen LogP contribution is 2.28. The quantitative estimate of drug-likeness (QED) is 0.843. The van der Waals surface area contributed by atoms with Crippen LogP contribution in [0.1, 0.15) is 45.6 Å². The molecule has 1 aromatic rings. The first kappa shape index (κ1) is 13.2. The summed E-state index contributed by atoms with van der Waals surface area (Å²) in [5.74, 6) is 0.521. The molecule has 2 heteroatoms. The number of aromatic nitrogens is 1. The second kappa shape index (κ2) is 5.44. The fourth-order valence-corrected chi connectivity index (χ4v) is 2.09. The van der Waals surface area contributed by atoms with Crippen LogP contribution in [0.3, 0.4) is 0 Å². The molecule has 0 aliphatic heterocycles. The Morgan fingerprint density at radius 3 is 2.25 bits per heavy atom. The summed E-state index contributed by atoms with van der Waals surface area (Å²) < 4.78 is 0. The van der Waals surface area contributed by atoms with E-state index in [1.54, 1.807) is 0 Å². The largest absolute Gasteiger partial charge is 0.316 e. The van der Waals surface area contributed by atoms with E-state index in [9.17, 15) is 0 Å². The third kappa shape index (κ3) is 3.93. The average molecular weight is 220 g/mol. The van der Waals surface area contributed by atoms with Gasteiger partial charge in [0.1, 0.15) is 0 Å². The Balaban J connectivity index is 2.74. The van der Waals surface area contributed by atoms with Gasteiger partial charge in [-0.2, -0.15) is 0 Å². The minimum absolute atomic E-state index is 0.356. The van der Waals surface area contributed by atoms with Crippen LogP contribution in [0.15, 0.2) is 24.5 Å². The molecule has 0 bridgehead atoms. The maximum absolute atomic E-state index is 4.07. The predicted octanol–water partition coefficient (Wildman–Crippen LogP) is 3.21. The standard InChI is InChI=1S/C14H24N2/c1-11(12-6-8-16-9-7-12)13(15-5)10-14(2,3)4/h6-9,11,13,15H,10H2,1-5H3. The molecule has 1 rings (SSSR count). The summed E-state index contributed by atoms with van der Waals surface area (Å²) in [6, 6.07) is 4.73. The van der Waals surface area contributed by atoms with Gasteiger partial charge in [0.2, 0.25) is 0 Å². The summed E-state index contributed by atoms with van der Waals surface area (Å²) in [6.07, 6.45) is 4.91. The monoisotopic (exact) mass is 220 g/mol. The summed E-state index contributed by atoms with van der Waals surface area (Å²) >= 11 is 0. The summed E-state index contributed by atoms with van der Waals surface area (Å²) in [7, 11) is 2.05. The topological polar surface area (TPSA) is 24.9 Å². The maximum Gasteiger partial charge on any atom is 0.0270 e. The molecule has 0 saturated heterocycles. The summed E-state index contributed by atoms with van der Waals surface area (Å²) in [4.78, 5) is 4.07. The number of nitrogens with zero attached hydrogens (tertiary/aromatic N) is 1. The Kier molecular flexibility index (Phi) is 4.48. The lowest BCUT2D eigenvalue weighted by atomic mass is 9.81. The number of nitrogens with one attached hydrogen (secondary N) is 1. The van der Waals surface area contributed by atoms with E-state index in [1.165, 1.54) is 12.0 Å². The van der Waals surface area contributed by atoms with Crippen molar-refractivity contribution in [1.82, 2.24) is 10.3 Å². The maximum atomic E-state index is 4.07. The zero-order valence-electron chi connectivity index (χ0n) is 11.1. The highest BCUT2D eigenvalue weighted by Gasteiger charge is 2.23. The molecule has 0 spiro atoms. The van der Waals surface area contributed by atoms with Crippen molar-refractivity contribution in [2.45, 2.75) is 46.1 Å². The van der Waals surface area contributed by atoms with Crippen LogP contribution in [0.25, 0.3) is 0 Å². The van der Waals surface area contributed by atoms with Gasteiger partial charge in [-0.1, -0.05) is 27.7 Å². The van der Waals surface area contributed by atoms with Gasteiger partial charge in [0.25, 0.3) is 0 Å². The molecule has 2 nitrogen and oxygen atoms in total. The molecule has 0 saturated carbocycles. The van der Waals surface area contributed by atoms with E-state index >= 15 is 0 Å². The lowest BCUT2D eigenvalue weighted by Crippen LogP contribution is -2.34. The number of likely N-dealkylation sites (N-methyl/N-ethyl adjacent to an activating group) is 1. The zero-order valence-corrected chi connectivity index (χ0v) is 11.1. The van der Waals surface area contributed by atoms with Gasteiger partial charge in [0, 0.05) is 18.4 Å². The first-order valence-corrected chi connectivity index (χ1v) is 6.01. The first-order chi connectivity index (χ1) is 7.44. The van der Waals surface area contributed by atoms with Crippen molar-refractivity contribution in [1.29, 1.82) is 0 Å². The van der Waals surface area contributed by atoms with E-state index in [2.05, 4.69) is 50.1 Å². The van der Waals surface area contributed by atoms with E-state index in [1.807, 2.05) is 19.4 Å². The number of hydrogen-bond donors (Lipinski definition) is 1. The first-order valence-electron chi connectivity index (χ1n) is 6.01. The van der Waals surface area contributed by atoms with Gasteiger partial charge in [0.05, 0.1) is 0 Å². The minimum atomic E-state index is 0.356. The Hall–Kier alpha value is -0.890. The average Bonchev–Trinajstić information content (AvgIpc) is 2.25. The Morgan fingerprint density at radius 2 is 1.81 bits per heavy atom. The molecule has 0 aromatic carbocycles. The molecule has 2 unspecified atom stereocenters. The van der Waals surface area contributed by atoms with Gasteiger partial charge in [-0.25, -0.2) is 0 Å². The van der Waals surface area contributed by atoms with E-state index in [-0.39, 0.29) is 0 Å². The van der Waals surface area contributed by atoms with Crippen LogP contribution in [0.2, 0.25) is 0 Å². The van der Waals surface area contributed by atoms with Gasteiger partial charge in [-0.3, -0.25) is 4.98 Å². The highest BCUT2D eigenvalue weighted by molar-refractivity contribution is 5.17. The molecule has 0 fully saturated rings. The molecule has 0 amide bonds. The zero-order chi connectivity index (χ0) is 12.2. The van der Waals surface area contributed by atoms with Crippen molar-refractivity contribution in [3.63, 3.8) is 0 Å². The Labute approximate surface area is 99.5 Å². The molecule has 16 heavy (non-hydrogen) atoms. The van der Waals surface area contributed by atoms with Crippen LogP contribution >= 0.6 is 0 Å². The molecule has 1 aromatic heterocycles. The third-order valence-electron chi connectivity index (χ3n) is 3.04. The molecule has 1 heterocycles. The van der Waals surface area contributed by atoms with Crippen LogP contribution in [-0.2, 0) is 0 Å². The Morgan fingerprint density at radius 1 is 1.25 bits per heavy atom. The van der Waals surface area contributed by atoms with Gasteiger partial charge in [-0.15, -0.1) is 0 Å². The second-order valence-electron chi connectivity index (χ2n) is 5.73. The van der Waals surface area contributed by atoms with E-state index < -0.39 is 0 Å². The van der Waals surface area contributed by atoms with Crippen molar-refractivity contribution in [2.75, 3.05) is 7.05 Å². The fourth-order valence-electron chi connectivity index (χ4n) is 2.09. The van der Waals surface area contributed by atoms with Gasteiger partial charge in [0.15, 0.2) is 0 Å². The number of hydrogen-bond acceptors (Lipinski definition) is 2. The normalized spacial score (nSPS) is 15.8. The molecule has 0 radical (unpaired) electrons.